The minimum atomic E-state index is -0.327. The van der Waals surface area contributed by atoms with Crippen molar-refractivity contribution in [1.29, 1.82) is 0 Å². The average molecular weight is 257 g/mol. The summed E-state index contributed by atoms with van der Waals surface area (Å²) in [6.45, 7) is 2.99. The predicted octanol–water partition coefficient (Wildman–Crippen LogP) is 2.78. The summed E-state index contributed by atoms with van der Waals surface area (Å²) in [6, 6.07) is 5.78. The third-order valence-corrected chi connectivity index (χ3v) is 3.37. The van der Waals surface area contributed by atoms with Crippen molar-refractivity contribution in [3.63, 3.8) is 0 Å². The van der Waals surface area contributed by atoms with Gasteiger partial charge in [-0.15, -0.1) is 12.4 Å². The summed E-state index contributed by atoms with van der Waals surface area (Å²) in [5, 5.41) is 10.7. The van der Waals surface area contributed by atoms with Crippen molar-refractivity contribution in [2.24, 2.45) is 0 Å². The van der Waals surface area contributed by atoms with Crippen molar-refractivity contribution >= 4 is 18.1 Å². The van der Waals surface area contributed by atoms with Crippen LogP contribution in [0.25, 0.3) is 0 Å². The molecular formula is C12H17ClN2O2. The molecule has 1 heterocycles. The van der Waals surface area contributed by atoms with E-state index in [-0.39, 0.29) is 23.0 Å². The smallest absolute Gasteiger partial charge is 0.269 e. The molecule has 94 valence electrons. The quantitative estimate of drug-likeness (QED) is 0.604. The van der Waals surface area contributed by atoms with Crippen LogP contribution >= 0.6 is 12.4 Å². The number of hydrogen-bond acceptors (Lipinski definition) is 3. The van der Waals surface area contributed by atoms with Gasteiger partial charge in [-0.1, -0.05) is 13.0 Å². The molecule has 1 aromatic rings. The van der Waals surface area contributed by atoms with Crippen molar-refractivity contribution in [3.8, 4) is 0 Å². The lowest BCUT2D eigenvalue weighted by atomic mass is 9.93. The second-order valence-corrected chi connectivity index (χ2v) is 4.39. The molecule has 1 aliphatic heterocycles. The molecule has 1 atom stereocenters. The lowest BCUT2D eigenvalue weighted by Crippen LogP contribution is -2.36. The molecule has 5 heteroatoms. The maximum absolute atomic E-state index is 10.7. The van der Waals surface area contributed by atoms with E-state index in [9.17, 15) is 10.1 Å². The highest BCUT2D eigenvalue weighted by atomic mass is 35.5. The van der Waals surface area contributed by atoms with Crippen molar-refractivity contribution < 1.29 is 4.92 Å². The fourth-order valence-corrected chi connectivity index (χ4v) is 2.34. The first-order valence-corrected chi connectivity index (χ1v) is 5.58. The summed E-state index contributed by atoms with van der Waals surface area (Å²) in [7, 11) is 2.08. The second kappa shape index (κ2) is 5.47. The maximum Gasteiger partial charge on any atom is 0.269 e. The van der Waals surface area contributed by atoms with Crippen molar-refractivity contribution in [1.82, 2.24) is 4.90 Å². The fourth-order valence-electron chi connectivity index (χ4n) is 2.34. The number of nitro benzene ring substituents is 1. The van der Waals surface area contributed by atoms with Crippen molar-refractivity contribution in [2.45, 2.75) is 32.4 Å². The van der Waals surface area contributed by atoms with Crippen molar-refractivity contribution in [2.75, 3.05) is 7.05 Å². The minimum Gasteiger partial charge on any atom is -0.299 e. The first kappa shape index (κ1) is 13.9. The maximum atomic E-state index is 10.7. The molecule has 0 radical (unpaired) electrons. The minimum absolute atomic E-state index is 0. The van der Waals surface area contributed by atoms with Gasteiger partial charge in [-0.2, -0.15) is 0 Å². The normalized spacial score (nSPS) is 19.3. The summed E-state index contributed by atoms with van der Waals surface area (Å²) in [5.41, 5.74) is 2.55. The Hall–Kier alpha value is -1.13. The highest BCUT2D eigenvalue weighted by Crippen LogP contribution is 2.26. The summed E-state index contributed by atoms with van der Waals surface area (Å²) in [6.07, 6.45) is 2.12. The van der Waals surface area contributed by atoms with E-state index in [4.69, 9.17) is 0 Å². The Morgan fingerprint density at radius 1 is 1.47 bits per heavy atom. The van der Waals surface area contributed by atoms with Gasteiger partial charge in [0.15, 0.2) is 0 Å². The van der Waals surface area contributed by atoms with E-state index < -0.39 is 0 Å². The first-order valence-electron chi connectivity index (χ1n) is 5.58. The van der Waals surface area contributed by atoms with Crippen LogP contribution in [-0.4, -0.2) is 22.9 Å². The van der Waals surface area contributed by atoms with Crippen LogP contribution in [0.1, 0.15) is 24.5 Å². The fraction of sp³-hybridized carbons (Fsp3) is 0.500. The topological polar surface area (TPSA) is 46.4 Å². The van der Waals surface area contributed by atoms with E-state index in [1.54, 1.807) is 12.1 Å². The van der Waals surface area contributed by atoms with Crippen LogP contribution in [0.5, 0.6) is 0 Å². The second-order valence-electron chi connectivity index (χ2n) is 4.39. The molecule has 0 spiro atoms. The highest BCUT2D eigenvalue weighted by Gasteiger charge is 2.23. The van der Waals surface area contributed by atoms with E-state index >= 15 is 0 Å². The third-order valence-electron chi connectivity index (χ3n) is 3.37. The largest absolute Gasteiger partial charge is 0.299 e. The molecule has 1 aromatic carbocycles. The number of hydrogen-bond donors (Lipinski definition) is 0. The zero-order chi connectivity index (χ0) is 11.7. The van der Waals surface area contributed by atoms with Gasteiger partial charge in [-0.25, -0.2) is 0 Å². The van der Waals surface area contributed by atoms with Gasteiger partial charge in [-0.05, 0) is 31.0 Å². The molecular weight excluding hydrogens is 240 g/mol. The highest BCUT2D eigenvalue weighted by molar-refractivity contribution is 5.85. The summed E-state index contributed by atoms with van der Waals surface area (Å²) in [5.74, 6) is 0. The van der Waals surface area contributed by atoms with Gasteiger partial charge in [0, 0.05) is 24.7 Å². The van der Waals surface area contributed by atoms with Crippen molar-refractivity contribution in [3.05, 3.63) is 39.4 Å². The summed E-state index contributed by atoms with van der Waals surface area (Å²) >= 11 is 0. The van der Waals surface area contributed by atoms with Gasteiger partial charge >= 0.3 is 0 Å². The summed E-state index contributed by atoms with van der Waals surface area (Å²) in [4.78, 5) is 12.6. The Balaban J connectivity index is 0.00000144. The lowest BCUT2D eigenvalue weighted by Gasteiger charge is -2.33. The Kier molecular flexibility index (Phi) is 4.48. The van der Waals surface area contributed by atoms with E-state index in [0.29, 0.717) is 6.04 Å². The van der Waals surface area contributed by atoms with Gasteiger partial charge < -0.3 is 0 Å². The van der Waals surface area contributed by atoms with Gasteiger partial charge in [-0.3, -0.25) is 15.0 Å². The molecule has 0 saturated carbocycles. The van der Waals surface area contributed by atoms with Crippen LogP contribution < -0.4 is 0 Å². The number of benzene rings is 1. The monoisotopic (exact) mass is 256 g/mol. The molecule has 1 aliphatic rings. The Labute approximate surface area is 107 Å². The number of fused-ring (bicyclic) bond motifs is 1. The number of likely N-dealkylation sites (N-methyl/N-ethyl adjacent to an activating group) is 1. The van der Waals surface area contributed by atoms with Crippen LogP contribution in [0.2, 0.25) is 0 Å². The molecule has 0 aliphatic carbocycles. The van der Waals surface area contributed by atoms with E-state index in [2.05, 4.69) is 18.9 Å². The Morgan fingerprint density at radius 2 is 2.18 bits per heavy atom. The molecule has 0 saturated heterocycles. The zero-order valence-electron chi connectivity index (χ0n) is 10.0. The van der Waals surface area contributed by atoms with Crippen LogP contribution in [0.4, 0.5) is 5.69 Å². The molecule has 2 rings (SSSR count). The molecule has 0 bridgehead atoms. The zero-order valence-corrected chi connectivity index (χ0v) is 10.9. The lowest BCUT2D eigenvalue weighted by molar-refractivity contribution is -0.385. The molecule has 4 nitrogen and oxygen atoms in total. The van der Waals surface area contributed by atoms with E-state index in [1.165, 1.54) is 5.56 Å². The number of nitrogens with zero attached hydrogens (tertiary/aromatic N) is 2. The average Bonchev–Trinajstić information content (AvgIpc) is 2.27. The molecule has 17 heavy (non-hydrogen) atoms. The number of halogens is 1. The summed E-state index contributed by atoms with van der Waals surface area (Å²) < 4.78 is 0. The predicted molar refractivity (Wildman–Crippen MR) is 69.6 cm³/mol. The molecule has 0 N–H and O–H groups in total. The SMILES string of the molecule is CCC1Cc2ccc([N+](=O)[O-])cc2CN1C.Cl. The van der Waals surface area contributed by atoms with Crippen LogP contribution in [0, 0.1) is 10.1 Å². The van der Waals surface area contributed by atoms with Crippen LogP contribution in [0.15, 0.2) is 18.2 Å². The Bertz CT molecular complexity index is 423. The molecule has 0 aromatic heterocycles. The van der Waals surface area contributed by atoms with E-state index in [1.807, 2.05) is 6.07 Å². The molecule has 0 fully saturated rings. The van der Waals surface area contributed by atoms with Gasteiger partial charge in [0.2, 0.25) is 0 Å². The standard InChI is InChI=1S/C12H16N2O2.ClH/c1-3-11-6-9-4-5-12(14(15)16)7-10(9)8-13(11)2;/h4-5,7,11H,3,6,8H2,1-2H3;1H. The molecule has 1 unspecified atom stereocenters. The van der Waals surface area contributed by atoms with Gasteiger partial charge in [0.05, 0.1) is 4.92 Å². The van der Waals surface area contributed by atoms with Crippen LogP contribution in [0.3, 0.4) is 0 Å². The third kappa shape index (κ3) is 2.76. The van der Waals surface area contributed by atoms with Gasteiger partial charge in [0.25, 0.3) is 5.69 Å². The number of non-ortho nitro benzene ring substituents is 1. The van der Waals surface area contributed by atoms with Crippen LogP contribution in [-0.2, 0) is 13.0 Å². The van der Waals surface area contributed by atoms with E-state index in [0.717, 1.165) is 24.9 Å². The Morgan fingerprint density at radius 3 is 2.76 bits per heavy atom. The number of nitro groups is 1. The van der Waals surface area contributed by atoms with Gasteiger partial charge in [0.1, 0.15) is 0 Å². The molecule has 0 amide bonds. The number of rotatable bonds is 2. The first-order chi connectivity index (χ1) is 7.61.